The van der Waals surface area contributed by atoms with Crippen LogP contribution >= 0.6 is 11.6 Å². The summed E-state index contributed by atoms with van der Waals surface area (Å²) in [5.41, 5.74) is 6.80. The van der Waals surface area contributed by atoms with Gasteiger partial charge >= 0.3 is 0 Å². The molecule has 0 aliphatic carbocycles. The highest BCUT2D eigenvalue weighted by molar-refractivity contribution is 6.30. The lowest BCUT2D eigenvalue weighted by atomic mass is 9.78. The first kappa shape index (κ1) is 13.5. The van der Waals surface area contributed by atoms with Crippen molar-refractivity contribution in [2.75, 3.05) is 13.2 Å². The van der Waals surface area contributed by atoms with Crippen LogP contribution in [-0.4, -0.2) is 18.3 Å². The molecule has 1 aromatic rings. The van der Waals surface area contributed by atoms with Crippen molar-refractivity contribution in [3.63, 3.8) is 0 Å². The minimum absolute atomic E-state index is 0.139. The maximum absolute atomic E-state index is 9.52. The van der Waals surface area contributed by atoms with E-state index in [1.54, 1.807) is 0 Å². The van der Waals surface area contributed by atoms with Gasteiger partial charge in [0.25, 0.3) is 0 Å². The lowest BCUT2D eigenvalue weighted by Crippen LogP contribution is -2.36. The molecule has 0 saturated heterocycles. The third-order valence-electron chi connectivity index (χ3n) is 3.04. The Kier molecular flexibility index (Phi) is 5.26. The fourth-order valence-electron chi connectivity index (χ4n) is 2.03. The third-order valence-corrected chi connectivity index (χ3v) is 3.29. The van der Waals surface area contributed by atoms with Gasteiger partial charge in [0.15, 0.2) is 0 Å². The van der Waals surface area contributed by atoms with Crippen LogP contribution in [0, 0.1) is 5.41 Å². The van der Waals surface area contributed by atoms with Crippen molar-refractivity contribution in [3.8, 4) is 0 Å². The Morgan fingerprint density at radius 3 is 2.38 bits per heavy atom. The molecule has 1 rings (SSSR count). The Hall–Kier alpha value is -0.570. The van der Waals surface area contributed by atoms with Gasteiger partial charge in [-0.3, -0.25) is 0 Å². The molecule has 0 aromatic heterocycles. The predicted molar refractivity (Wildman–Crippen MR) is 68.6 cm³/mol. The second-order valence-electron chi connectivity index (χ2n) is 4.42. The van der Waals surface area contributed by atoms with E-state index in [4.69, 9.17) is 17.3 Å². The topological polar surface area (TPSA) is 46.2 Å². The molecule has 0 spiro atoms. The molecule has 1 unspecified atom stereocenters. The van der Waals surface area contributed by atoms with Gasteiger partial charge in [0.1, 0.15) is 0 Å². The fourth-order valence-corrected chi connectivity index (χ4v) is 2.15. The van der Waals surface area contributed by atoms with Crippen molar-refractivity contribution in [2.24, 2.45) is 11.1 Å². The largest absolute Gasteiger partial charge is 0.396 e. The normalized spacial score (nSPS) is 14.8. The van der Waals surface area contributed by atoms with Crippen molar-refractivity contribution in [2.45, 2.75) is 26.2 Å². The van der Waals surface area contributed by atoms with Crippen molar-refractivity contribution in [1.82, 2.24) is 0 Å². The first-order valence-corrected chi connectivity index (χ1v) is 6.09. The van der Waals surface area contributed by atoms with E-state index in [1.165, 1.54) is 5.56 Å². The van der Waals surface area contributed by atoms with Crippen LogP contribution in [0.15, 0.2) is 24.3 Å². The Morgan fingerprint density at radius 1 is 1.31 bits per heavy atom. The SMILES string of the molecule is CCCC(CN)(CO)Cc1ccc(Cl)cc1. The van der Waals surface area contributed by atoms with Crippen LogP contribution in [-0.2, 0) is 6.42 Å². The average molecular weight is 242 g/mol. The summed E-state index contributed by atoms with van der Waals surface area (Å²) in [5, 5.41) is 10.3. The Labute approximate surface area is 102 Å². The summed E-state index contributed by atoms with van der Waals surface area (Å²) in [6.45, 7) is 2.77. The van der Waals surface area contributed by atoms with Crippen LogP contribution in [0.3, 0.4) is 0 Å². The summed E-state index contributed by atoms with van der Waals surface area (Å²) < 4.78 is 0. The summed E-state index contributed by atoms with van der Waals surface area (Å²) in [7, 11) is 0. The Balaban J connectivity index is 2.78. The lowest BCUT2D eigenvalue weighted by molar-refractivity contribution is 0.121. The minimum atomic E-state index is -0.178. The van der Waals surface area contributed by atoms with Gasteiger partial charge in [-0.15, -0.1) is 0 Å². The molecule has 3 N–H and O–H groups in total. The number of nitrogens with two attached hydrogens (primary N) is 1. The Morgan fingerprint density at radius 2 is 1.94 bits per heavy atom. The smallest absolute Gasteiger partial charge is 0.0502 e. The lowest BCUT2D eigenvalue weighted by Gasteiger charge is -2.30. The van der Waals surface area contributed by atoms with E-state index in [2.05, 4.69) is 6.92 Å². The van der Waals surface area contributed by atoms with E-state index < -0.39 is 0 Å². The van der Waals surface area contributed by atoms with Crippen LogP contribution in [0.5, 0.6) is 0 Å². The second-order valence-corrected chi connectivity index (χ2v) is 4.85. The highest BCUT2D eigenvalue weighted by Gasteiger charge is 2.27. The van der Waals surface area contributed by atoms with E-state index in [-0.39, 0.29) is 12.0 Å². The number of rotatable bonds is 6. The van der Waals surface area contributed by atoms with Gasteiger partial charge in [-0.25, -0.2) is 0 Å². The maximum Gasteiger partial charge on any atom is 0.0502 e. The molecular weight excluding hydrogens is 222 g/mol. The molecule has 0 bridgehead atoms. The van der Waals surface area contributed by atoms with Gasteiger partial charge in [0, 0.05) is 17.0 Å². The van der Waals surface area contributed by atoms with Crippen LogP contribution in [0.2, 0.25) is 5.02 Å². The summed E-state index contributed by atoms with van der Waals surface area (Å²) >= 11 is 5.84. The minimum Gasteiger partial charge on any atom is -0.396 e. The number of benzene rings is 1. The van der Waals surface area contributed by atoms with Crippen LogP contribution < -0.4 is 5.73 Å². The molecular formula is C13H20ClNO. The van der Waals surface area contributed by atoms with E-state index in [9.17, 15) is 5.11 Å². The van der Waals surface area contributed by atoms with Gasteiger partial charge in [-0.05, 0) is 30.5 Å². The van der Waals surface area contributed by atoms with Gasteiger partial charge < -0.3 is 10.8 Å². The van der Waals surface area contributed by atoms with Crippen molar-refractivity contribution < 1.29 is 5.11 Å². The summed E-state index contributed by atoms with van der Waals surface area (Å²) in [6, 6.07) is 7.75. The highest BCUT2D eigenvalue weighted by atomic mass is 35.5. The summed E-state index contributed by atoms with van der Waals surface area (Å²) in [5.74, 6) is 0. The molecule has 0 saturated carbocycles. The zero-order chi connectivity index (χ0) is 12.0. The van der Waals surface area contributed by atoms with Crippen molar-refractivity contribution in [1.29, 1.82) is 0 Å². The molecule has 0 amide bonds. The molecule has 16 heavy (non-hydrogen) atoms. The first-order valence-electron chi connectivity index (χ1n) is 5.71. The average Bonchev–Trinajstić information content (AvgIpc) is 2.31. The highest BCUT2D eigenvalue weighted by Crippen LogP contribution is 2.27. The first-order chi connectivity index (χ1) is 7.65. The third kappa shape index (κ3) is 3.48. The molecule has 90 valence electrons. The number of halogens is 1. The Bertz CT molecular complexity index is 306. The zero-order valence-corrected chi connectivity index (χ0v) is 10.5. The quantitative estimate of drug-likeness (QED) is 0.804. The van der Waals surface area contributed by atoms with Crippen LogP contribution in [0.4, 0.5) is 0 Å². The van der Waals surface area contributed by atoms with E-state index >= 15 is 0 Å². The molecule has 0 fully saturated rings. The monoisotopic (exact) mass is 241 g/mol. The van der Waals surface area contributed by atoms with Gasteiger partial charge in [-0.1, -0.05) is 37.1 Å². The summed E-state index contributed by atoms with van der Waals surface area (Å²) in [4.78, 5) is 0. The molecule has 1 atom stereocenters. The van der Waals surface area contributed by atoms with Crippen LogP contribution in [0.25, 0.3) is 0 Å². The molecule has 0 aliphatic rings. The number of hydrogen-bond acceptors (Lipinski definition) is 2. The maximum atomic E-state index is 9.52. The molecule has 0 radical (unpaired) electrons. The van der Waals surface area contributed by atoms with E-state index in [0.717, 1.165) is 24.3 Å². The number of aliphatic hydroxyl groups excluding tert-OH is 1. The number of hydrogen-bond donors (Lipinski definition) is 2. The molecule has 2 nitrogen and oxygen atoms in total. The van der Waals surface area contributed by atoms with Gasteiger partial charge in [0.05, 0.1) is 6.61 Å². The van der Waals surface area contributed by atoms with E-state index in [0.29, 0.717) is 6.54 Å². The molecule has 1 aromatic carbocycles. The molecule has 0 heterocycles. The molecule has 0 aliphatic heterocycles. The van der Waals surface area contributed by atoms with Crippen molar-refractivity contribution >= 4 is 11.6 Å². The van der Waals surface area contributed by atoms with Crippen LogP contribution in [0.1, 0.15) is 25.3 Å². The van der Waals surface area contributed by atoms with E-state index in [1.807, 2.05) is 24.3 Å². The van der Waals surface area contributed by atoms with Gasteiger partial charge in [0.2, 0.25) is 0 Å². The van der Waals surface area contributed by atoms with Gasteiger partial charge in [-0.2, -0.15) is 0 Å². The number of aliphatic hydroxyl groups is 1. The molecule has 3 heteroatoms. The standard InChI is InChI=1S/C13H20ClNO/c1-2-7-13(9-15,10-16)8-11-3-5-12(14)6-4-11/h3-6,16H,2,7-10,15H2,1H3. The summed E-state index contributed by atoms with van der Waals surface area (Å²) in [6.07, 6.45) is 2.79. The fraction of sp³-hybridized carbons (Fsp3) is 0.538. The van der Waals surface area contributed by atoms with Crippen molar-refractivity contribution in [3.05, 3.63) is 34.9 Å². The second kappa shape index (κ2) is 6.24. The predicted octanol–water partition coefficient (Wildman–Crippen LogP) is 2.62. The zero-order valence-electron chi connectivity index (χ0n) is 9.75.